The van der Waals surface area contributed by atoms with E-state index in [0.717, 1.165) is 53.8 Å². The maximum atomic E-state index is 12.8. The van der Waals surface area contributed by atoms with E-state index in [0.29, 0.717) is 12.4 Å². The quantitative estimate of drug-likeness (QED) is 0.449. The second kappa shape index (κ2) is 9.87. The van der Waals surface area contributed by atoms with E-state index in [1.165, 1.54) is 0 Å². The summed E-state index contributed by atoms with van der Waals surface area (Å²) in [5, 5.41) is 4.09. The van der Waals surface area contributed by atoms with Gasteiger partial charge in [-0.15, -0.1) is 0 Å². The van der Waals surface area contributed by atoms with Crippen LogP contribution in [0, 0.1) is 0 Å². The Morgan fingerprint density at radius 1 is 1.03 bits per heavy atom. The molecule has 1 amide bonds. The van der Waals surface area contributed by atoms with Crippen molar-refractivity contribution >= 4 is 22.7 Å². The third kappa shape index (κ3) is 4.83. The molecule has 0 spiro atoms. The second-order valence-corrected chi connectivity index (χ2v) is 8.48. The molecule has 1 saturated heterocycles. The van der Waals surface area contributed by atoms with Gasteiger partial charge in [0.15, 0.2) is 0 Å². The maximum absolute atomic E-state index is 12.8. The van der Waals surface area contributed by atoms with Gasteiger partial charge in [0.2, 0.25) is 5.88 Å². The highest BCUT2D eigenvalue weighted by Crippen LogP contribution is 2.28. The SMILES string of the molecule is COc1cccc(Cn2c(OC(=O)NC3CCN(c4ccncc4)CC3)cc3ccccc32)c1. The summed E-state index contributed by atoms with van der Waals surface area (Å²) in [6.07, 6.45) is 4.93. The van der Waals surface area contributed by atoms with Crippen molar-refractivity contribution in [1.29, 1.82) is 0 Å². The maximum Gasteiger partial charge on any atom is 0.414 e. The molecule has 3 heterocycles. The molecule has 0 unspecified atom stereocenters. The zero-order valence-electron chi connectivity index (χ0n) is 19.2. The molecule has 34 heavy (non-hydrogen) atoms. The highest BCUT2D eigenvalue weighted by molar-refractivity contribution is 5.84. The summed E-state index contributed by atoms with van der Waals surface area (Å²) >= 11 is 0. The fourth-order valence-electron chi connectivity index (χ4n) is 4.51. The molecule has 0 bridgehead atoms. The second-order valence-electron chi connectivity index (χ2n) is 8.48. The van der Waals surface area contributed by atoms with Gasteiger partial charge in [-0.2, -0.15) is 0 Å². The van der Waals surface area contributed by atoms with E-state index < -0.39 is 6.09 Å². The van der Waals surface area contributed by atoms with Crippen LogP contribution in [0.2, 0.25) is 0 Å². The third-order valence-electron chi connectivity index (χ3n) is 6.29. The number of aromatic nitrogens is 2. The van der Waals surface area contributed by atoms with E-state index in [-0.39, 0.29) is 6.04 Å². The van der Waals surface area contributed by atoms with Crippen molar-refractivity contribution in [1.82, 2.24) is 14.9 Å². The van der Waals surface area contributed by atoms with Crippen LogP contribution in [-0.4, -0.2) is 41.9 Å². The number of amides is 1. The van der Waals surface area contributed by atoms with Gasteiger partial charge in [0, 0.05) is 48.7 Å². The lowest BCUT2D eigenvalue weighted by Gasteiger charge is -2.33. The molecule has 1 aliphatic heterocycles. The minimum atomic E-state index is -0.419. The zero-order chi connectivity index (χ0) is 23.3. The number of piperidine rings is 1. The third-order valence-corrected chi connectivity index (χ3v) is 6.29. The number of para-hydroxylation sites is 1. The summed E-state index contributed by atoms with van der Waals surface area (Å²) in [5.74, 6) is 1.32. The van der Waals surface area contributed by atoms with E-state index in [1.807, 2.05) is 83.7 Å². The Labute approximate surface area is 198 Å². The number of nitrogens with zero attached hydrogens (tertiary/aromatic N) is 3. The predicted molar refractivity (Wildman–Crippen MR) is 133 cm³/mol. The highest BCUT2D eigenvalue weighted by atomic mass is 16.6. The number of rotatable bonds is 6. The van der Waals surface area contributed by atoms with Crippen molar-refractivity contribution in [3.8, 4) is 11.6 Å². The molecule has 0 aliphatic carbocycles. The topological polar surface area (TPSA) is 68.6 Å². The Morgan fingerprint density at radius 2 is 1.82 bits per heavy atom. The molecule has 0 saturated carbocycles. The number of fused-ring (bicyclic) bond motifs is 1. The van der Waals surface area contributed by atoms with Crippen LogP contribution >= 0.6 is 0 Å². The van der Waals surface area contributed by atoms with Gasteiger partial charge in [0.1, 0.15) is 5.75 Å². The van der Waals surface area contributed by atoms with Crippen LogP contribution in [0.15, 0.2) is 79.1 Å². The van der Waals surface area contributed by atoms with Crippen molar-refractivity contribution in [3.63, 3.8) is 0 Å². The van der Waals surface area contributed by atoms with Crippen LogP contribution < -0.4 is 19.7 Å². The summed E-state index contributed by atoms with van der Waals surface area (Å²) in [7, 11) is 1.66. The molecule has 1 fully saturated rings. The lowest BCUT2D eigenvalue weighted by molar-refractivity contribution is 0.190. The molecule has 174 valence electrons. The first-order valence-corrected chi connectivity index (χ1v) is 11.5. The number of carbonyl (C=O) groups excluding carboxylic acids is 1. The minimum Gasteiger partial charge on any atom is -0.497 e. The minimum absolute atomic E-state index is 0.0850. The normalized spacial score (nSPS) is 14.2. The molecule has 4 aromatic rings. The molecule has 2 aromatic carbocycles. The monoisotopic (exact) mass is 456 g/mol. The smallest absolute Gasteiger partial charge is 0.414 e. The molecular formula is C27H28N4O3. The van der Waals surface area contributed by atoms with Crippen molar-refractivity contribution < 1.29 is 14.3 Å². The number of carbonyl (C=O) groups is 1. The van der Waals surface area contributed by atoms with Gasteiger partial charge in [-0.25, -0.2) is 4.79 Å². The van der Waals surface area contributed by atoms with Crippen molar-refractivity contribution in [2.24, 2.45) is 0 Å². The molecule has 1 aliphatic rings. The summed E-state index contributed by atoms with van der Waals surface area (Å²) < 4.78 is 13.2. The largest absolute Gasteiger partial charge is 0.497 e. The van der Waals surface area contributed by atoms with Gasteiger partial charge in [0.25, 0.3) is 0 Å². The van der Waals surface area contributed by atoms with Gasteiger partial charge in [-0.1, -0.05) is 30.3 Å². The Kier molecular flexibility index (Phi) is 6.33. The molecule has 0 radical (unpaired) electrons. The number of hydrogen-bond donors (Lipinski definition) is 1. The van der Waals surface area contributed by atoms with Crippen LogP contribution in [0.3, 0.4) is 0 Å². The van der Waals surface area contributed by atoms with E-state index in [2.05, 4.69) is 15.2 Å². The van der Waals surface area contributed by atoms with Crippen LogP contribution in [0.4, 0.5) is 10.5 Å². The van der Waals surface area contributed by atoms with Gasteiger partial charge in [-0.3, -0.25) is 4.98 Å². The number of pyridine rings is 1. The standard InChI is InChI=1S/C27H28N4O3/c1-33-24-7-4-5-20(17-24)19-31-25-8-3-2-6-21(25)18-26(31)34-27(32)29-22-11-15-30(16-12-22)23-9-13-28-14-10-23/h2-10,13-14,17-18,22H,11-12,15-16,19H2,1H3,(H,29,32). The number of methoxy groups -OCH3 is 1. The molecule has 2 aromatic heterocycles. The van der Waals surface area contributed by atoms with E-state index >= 15 is 0 Å². The van der Waals surface area contributed by atoms with Crippen LogP contribution in [0.1, 0.15) is 18.4 Å². The fourth-order valence-corrected chi connectivity index (χ4v) is 4.51. The number of ether oxygens (including phenoxy) is 2. The van der Waals surface area contributed by atoms with Gasteiger partial charge < -0.3 is 24.3 Å². The molecule has 1 N–H and O–H groups in total. The van der Waals surface area contributed by atoms with Crippen LogP contribution in [0.25, 0.3) is 10.9 Å². The van der Waals surface area contributed by atoms with Gasteiger partial charge in [-0.05, 0) is 48.7 Å². The first kappa shape index (κ1) is 21.8. The number of benzene rings is 2. The number of hydrogen-bond acceptors (Lipinski definition) is 5. The van der Waals surface area contributed by atoms with E-state index in [1.54, 1.807) is 7.11 Å². The van der Waals surface area contributed by atoms with Crippen molar-refractivity contribution in [2.45, 2.75) is 25.4 Å². The molecule has 7 nitrogen and oxygen atoms in total. The summed E-state index contributed by atoms with van der Waals surface area (Å²) in [4.78, 5) is 19.2. The first-order chi connectivity index (χ1) is 16.7. The Hall–Kier alpha value is -4.00. The average Bonchev–Trinajstić information content (AvgIpc) is 3.21. The number of nitrogens with one attached hydrogen (secondary N) is 1. The number of anilines is 1. The van der Waals surface area contributed by atoms with Crippen molar-refractivity contribution in [3.05, 3.63) is 84.7 Å². The lowest BCUT2D eigenvalue weighted by atomic mass is 10.0. The highest BCUT2D eigenvalue weighted by Gasteiger charge is 2.22. The molecule has 7 heteroatoms. The lowest BCUT2D eigenvalue weighted by Crippen LogP contribution is -2.45. The Bertz CT molecular complexity index is 1260. The molecule has 0 atom stereocenters. The van der Waals surface area contributed by atoms with E-state index in [4.69, 9.17) is 9.47 Å². The van der Waals surface area contributed by atoms with Crippen LogP contribution in [0.5, 0.6) is 11.6 Å². The molecular weight excluding hydrogens is 428 g/mol. The summed E-state index contributed by atoms with van der Waals surface area (Å²) in [6.45, 7) is 2.33. The summed E-state index contributed by atoms with van der Waals surface area (Å²) in [6, 6.07) is 22.0. The molecule has 5 rings (SSSR count). The average molecular weight is 457 g/mol. The Balaban J connectivity index is 1.27. The Morgan fingerprint density at radius 3 is 2.62 bits per heavy atom. The first-order valence-electron chi connectivity index (χ1n) is 11.5. The van der Waals surface area contributed by atoms with Gasteiger partial charge >= 0.3 is 6.09 Å². The zero-order valence-corrected chi connectivity index (χ0v) is 19.2. The fraction of sp³-hybridized carbons (Fsp3) is 0.259. The predicted octanol–water partition coefficient (Wildman–Crippen LogP) is 4.85. The van der Waals surface area contributed by atoms with E-state index in [9.17, 15) is 4.79 Å². The van der Waals surface area contributed by atoms with Crippen LogP contribution in [-0.2, 0) is 6.54 Å². The van der Waals surface area contributed by atoms with Gasteiger partial charge in [0.05, 0.1) is 19.2 Å². The van der Waals surface area contributed by atoms with Crippen molar-refractivity contribution in [2.75, 3.05) is 25.1 Å². The summed E-state index contributed by atoms with van der Waals surface area (Å²) in [5.41, 5.74) is 3.24.